The van der Waals surface area contributed by atoms with Crippen molar-refractivity contribution in [3.05, 3.63) is 27.6 Å². The number of hydrogen-bond donors (Lipinski definition) is 3. The fraction of sp³-hybridized carbons (Fsp3) is 0.455. The van der Waals surface area contributed by atoms with E-state index < -0.39 is 0 Å². The van der Waals surface area contributed by atoms with Gasteiger partial charge in [0.15, 0.2) is 0 Å². The molecular formula is C11H15N3O3S. The zero-order valence-corrected chi connectivity index (χ0v) is 10.6. The summed E-state index contributed by atoms with van der Waals surface area (Å²) in [6.07, 6.45) is 0. The summed E-state index contributed by atoms with van der Waals surface area (Å²) < 4.78 is 5.76. The van der Waals surface area contributed by atoms with Gasteiger partial charge in [-0.25, -0.2) is 4.98 Å². The first kappa shape index (κ1) is 13.2. The van der Waals surface area contributed by atoms with Gasteiger partial charge >= 0.3 is 0 Å². The number of thiophene rings is 1. The standard InChI is InChI=1S/C11H15N3O3S/c15-3-5-17-4-2-12-7-9-13-8-1-6-18-10(8)11(16)14-9/h1,6,12,15H,2-5,7H2,(H,13,14,16). The zero-order valence-electron chi connectivity index (χ0n) is 9.81. The van der Waals surface area contributed by atoms with Crippen molar-refractivity contribution in [2.75, 3.05) is 26.4 Å². The van der Waals surface area contributed by atoms with Crippen LogP contribution in [0.15, 0.2) is 16.2 Å². The first-order valence-electron chi connectivity index (χ1n) is 5.67. The molecule has 18 heavy (non-hydrogen) atoms. The Morgan fingerprint density at radius 3 is 3.22 bits per heavy atom. The Bertz CT molecular complexity index is 552. The van der Waals surface area contributed by atoms with Gasteiger partial charge in [-0.2, -0.15) is 0 Å². The molecule has 0 radical (unpaired) electrons. The monoisotopic (exact) mass is 269 g/mol. The molecule has 0 aliphatic heterocycles. The van der Waals surface area contributed by atoms with Crippen LogP contribution in [0.1, 0.15) is 5.82 Å². The lowest BCUT2D eigenvalue weighted by atomic mass is 10.4. The number of aliphatic hydroxyl groups excluding tert-OH is 1. The molecule has 0 fully saturated rings. The molecule has 3 N–H and O–H groups in total. The molecule has 0 amide bonds. The maximum Gasteiger partial charge on any atom is 0.268 e. The lowest BCUT2D eigenvalue weighted by Crippen LogP contribution is -2.23. The number of H-pyrrole nitrogens is 1. The van der Waals surface area contributed by atoms with E-state index >= 15 is 0 Å². The Hall–Kier alpha value is -1.28. The van der Waals surface area contributed by atoms with Crippen molar-refractivity contribution in [1.82, 2.24) is 15.3 Å². The van der Waals surface area contributed by atoms with Gasteiger partial charge in [0.25, 0.3) is 5.56 Å². The summed E-state index contributed by atoms with van der Waals surface area (Å²) in [5.41, 5.74) is 0.639. The molecule has 0 aliphatic carbocycles. The lowest BCUT2D eigenvalue weighted by Gasteiger charge is -2.04. The minimum Gasteiger partial charge on any atom is -0.394 e. The summed E-state index contributed by atoms with van der Waals surface area (Å²) in [6, 6.07) is 1.84. The maximum absolute atomic E-state index is 11.7. The highest BCUT2D eigenvalue weighted by atomic mass is 32.1. The quantitative estimate of drug-likeness (QED) is 0.620. The molecule has 0 unspecified atom stereocenters. The Morgan fingerprint density at radius 2 is 2.39 bits per heavy atom. The average molecular weight is 269 g/mol. The normalized spacial score (nSPS) is 11.2. The second kappa shape index (κ2) is 6.60. The third-order valence-electron chi connectivity index (χ3n) is 2.32. The van der Waals surface area contributed by atoms with Gasteiger partial charge in [-0.15, -0.1) is 11.3 Å². The number of rotatable bonds is 7. The van der Waals surface area contributed by atoms with Crippen LogP contribution in [0.2, 0.25) is 0 Å². The summed E-state index contributed by atoms with van der Waals surface area (Å²) in [7, 11) is 0. The minimum absolute atomic E-state index is 0.0314. The smallest absolute Gasteiger partial charge is 0.268 e. The highest BCUT2D eigenvalue weighted by Crippen LogP contribution is 2.13. The van der Waals surface area contributed by atoms with Crippen LogP contribution in [-0.4, -0.2) is 41.4 Å². The van der Waals surface area contributed by atoms with Crippen molar-refractivity contribution in [3.63, 3.8) is 0 Å². The van der Waals surface area contributed by atoms with E-state index in [0.29, 0.717) is 36.8 Å². The van der Waals surface area contributed by atoms with Crippen LogP contribution >= 0.6 is 11.3 Å². The summed E-state index contributed by atoms with van der Waals surface area (Å²) in [5, 5.41) is 13.5. The third kappa shape index (κ3) is 3.36. The number of aromatic amines is 1. The van der Waals surface area contributed by atoms with Crippen molar-refractivity contribution in [1.29, 1.82) is 0 Å². The molecule has 0 spiro atoms. The van der Waals surface area contributed by atoms with Crippen LogP contribution in [-0.2, 0) is 11.3 Å². The van der Waals surface area contributed by atoms with Crippen molar-refractivity contribution in [2.45, 2.75) is 6.54 Å². The minimum atomic E-state index is -0.0941. The van der Waals surface area contributed by atoms with E-state index in [1.807, 2.05) is 11.4 Å². The fourth-order valence-corrected chi connectivity index (χ4v) is 2.25. The van der Waals surface area contributed by atoms with Crippen LogP contribution in [0.5, 0.6) is 0 Å². The average Bonchev–Trinajstić information content (AvgIpc) is 2.82. The number of aliphatic hydroxyl groups is 1. The Labute approximate surface area is 108 Å². The predicted octanol–water partition coefficient (Wildman–Crippen LogP) is 0.0831. The summed E-state index contributed by atoms with van der Waals surface area (Å²) >= 11 is 1.39. The van der Waals surface area contributed by atoms with Crippen LogP contribution in [0.25, 0.3) is 10.2 Å². The summed E-state index contributed by atoms with van der Waals surface area (Å²) in [4.78, 5) is 18.7. The van der Waals surface area contributed by atoms with Crippen molar-refractivity contribution < 1.29 is 9.84 Å². The molecule has 0 atom stereocenters. The van der Waals surface area contributed by atoms with E-state index in [9.17, 15) is 4.79 Å². The zero-order chi connectivity index (χ0) is 12.8. The lowest BCUT2D eigenvalue weighted by molar-refractivity contribution is 0.0937. The van der Waals surface area contributed by atoms with Gasteiger partial charge in [-0.3, -0.25) is 4.79 Å². The van der Waals surface area contributed by atoms with E-state index in [4.69, 9.17) is 9.84 Å². The van der Waals surface area contributed by atoms with E-state index in [0.717, 1.165) is 5.52 Å². The first-order valence-corrected chi connectivity index (χ1v) is 6.55. The van der Waals surface area contributed by atoms with Gasteiger partial charge in [-0.05, 0) is 11.4 Å². The number of fused-ring (bicyclic) bond motifs is 1. The van der Waals surface area contributed by atoms with Crippen molar-refractivity contribution in [2.24, 2.45) is 0 Å². The fourth-order valence-electron chi connectivity index (χ4n) is 1.52. The largest absolute Gasteiger partial charge is 0.394 e. The van der Waals surface area contributed by atoms with Crippen molar-refractivity contribution >= 4 is 21.6 Å². The van der Waals surface area contributed by atoms with E-state index in [1.54, 1.807) is 0 Å². The van der Waals surface area contributed by atoms with E-state index in [1.165, 1.54) is 11.3 Å². The summed E-state index contributed by atoms with van der Waals surface area (Å²) in [5.74, 6) is 0.619. The van der Waals surface area contributed by atoms with Crippen LogP contribution in [0, 0.1) is 0 Å². The van der Waals surface area contributed by atoms with Crippen LogP contribution < -0.4 is 10.9 Å². The number of ether oxygens (including phenoxy) is 1. The van der Waals surface area contributed by atoms with E-state index in [2.05, 4.69) is 15.3 Å². The number of hydrogen-bond acceptors (Lipinski definition) is 6. The predicted molar refractivity (Wildman–Crippen MR) is 69.9 cm³/mol. The molecule has 2 aromatic heterocycles. The Kier molecular flexibility index (Phi) is 4.82. The Morgan fingerprint density at radius 1 is 1.50 bits per heavy atom. The second-order valence-electron chi connectivity index (χ2n) is 3.66. The van der Waals surface area contributed by atoms with E-state index in [-0.39, 0.29) is 12.2 Å². The highest BCUT2D eigenvalue weighted by molar-refractivity contribution is 7.17. The number of nitrogens with one attached hydrogen (secondary N) is 2. The van der Waals surface area contributed by atoms with Gasteiger partial charge in [0.05, 0.1) is 31.9 Å². The van der Waals surface area contributed by atoms with Gasteiger partial charge in [0.1, 0.15) is 10.5 Å². The first-order chi connectivity index (χ1) is 8.81. The summed E-state index contributed by atoms with van der Waals surface area (Å²) in [6.45, 7) is 2.03. The molecule has 7 heteroatoms. The van der Waals surface area contributed by atoms with Gasteiger partial charge in [0, 0.05) is 6.54 Å². The molecule has 0 saturated heterocycles. The second-order valence-corrected chi connectivity index (χ2v) is 4.58. The molecule has 0 saturated carbocycles. The van der Waals surface area contributed by atoms with Gasteiger partial charge < -0.3 is 20.1 Å². The Balaban J connectivity index is 1.86. The topological polar surface area (TPSA) is 87.2 Å². The molecule has 0 bridgehead atoms. The molecule has 2 aromatic rings. The maximum atomic E-state index is 11.7. The number of aromatic nitrogens is 2. The molecule has 0 aliphatic rings. The molecule has 0 aromatic carbocycles. The SMILES string of the molecule is O=c1[nH]c(CNCCOCCO)nc2ccsc12. The van der Waals surface area contributed by atoms with Crippen LogP contribution in [0.4, 0.5) is 0 Å². The van der Waals surface area contributed by atoms with Gasteiger partial charge in [-0.1, -0.05) is 0 Å². The molecular weight excluding hydrogens is 254 g/mol. The van der Waals surface area contributed by atoms with Gasteiger partial charge in [0.2, 0.25) is 0 Å². The number of nitrogens with zero attached hydrogens (tertiary/aromatic N) is 1. The molecule has 98 valence electrons. The third-order valence-corrected chi connectivity index (χ3v) is 3.22. The molecule has 2 rings (SSSR count). The molecule has 2 heterocycles. The molecule has 6 nitrogen and oxygen atoms in total. The van der Waals surface area contributed by atoms with Crippen LogP contribution in [0.3, 0.4) is 0 Å². The highest BCUT2D eigenvalue weighted by Gasteiger charge is 2.04. The van der Waals surface area contributed by atoms with Crippen molar-refractivity contribution in [3.8, 4) is 0 Å².